The predicted octanol–water partition coefficient (Wildman–Crippen LogP) is 2.89. The number of amides is 2. The number of rotatable bonds is 12. The van der Waals surface area contributed by atoms with Crippen molar-refractivity contribution in [3.05, 3.63) is 48.6 Å². The first-order valence-corrected chi connectivity index (χ1v) is 13.5. The lowest BCUT2D eigenvalue weighted by molar-refractivity contribution is -0.160. The number of carboxylic acid groups (broad SMARTS) is 1. The Labute approximate surface area is 219 Å². The van der Waals surface area contributed by atoms with E-state index in [9.17, 15) is 24.6 Å². The van der Waals surface area contributed by atoms with E-state index in [4.69, 9.17) is 4.74 Å². The van der Waals surface area contributed by atoms with Crippen molar-refractivity contribution in [1.29, 1.82) is 0 Å². The number of benzene rings is 1. The van der Waals surface area contributed by atoms with Gasteiger partial charge in [0.05, 0.1) is 24.2 Å². The Morgan fingerprint density at radius 1 is 1.30 bits per heavy atom. The molecule has 3 unspecified atom stereocenters. The minimum Gasteiger partial charge on any atom is -0.481 e. The molecule has 3 aliphatic heterocycles. The Bertz CT molecular complexity index is 1030. The van der Waals surface area contributed by atoms with Crippen LogP contribution in [0.2, 0.25) is 0 Å². The summed E-state index contributed by atoms with van der Waals surface area (Å²) in [5.74, 6) is -3.96. The fourth-order valence-corrected chi connectivity index (χ4v) is 7.04. The quantitative estimate of drug-likeness (QED) is 0.329. The molecule has 3 saturated heterocycles. The highest BCUT2D eigenvalue weighted by molar-refractivity contribution is 5.98. The number of hydrogen-bond donors (Lipinski definition) is 2. The molecular weight excluding hydrogens is 472 g/mol. The van der Waals surface area contributed by atoms with Gasteiger partial charge >= 0.3 is 5.97 Å². The van der Waals surface area contributed by atoms with E-state index in [0.29, 0.717) is 25.9 Å². The smallest absolute Gasteiger partial charge is 0.310 e. The van der Waals surface area contributed by atoms with Crippen molar-refractivity contribution < 1.29 is 29.3 Å². The molecule has 2 N–H and O–H groups in total. The molecule has 0 aromatic heterocycles. The van der Waals surface area contributed by atoms with Crippen LogP contribution in [-0.2, 0) is 25.5 Å². The maximum atomic E-state index is 14.3. The normalized spacial score (nSPS) is 32.9. The maximum Gasteiger partial charge on any atom is 0.310 e. The summed E-state index contributed by atoms with van der Waals surface area (Å²) in [6, 6.07) is 7.80. The summed E-state index contributed by atoms with van der Waals surface area (Å²) >= 11 is 0. The molecule has 8 nitrogen and oxygen atoms in total. The molecule has 3 fully saturated rings. The van der Waals surface area contributed by atoms with E-state index >= 15 is 0 Å². The van der Waals surface area contributed by atoms with Crippen molar-refractivity contribution in [2.75, 3.05) is 19.7 Å². The van der Waals surface area contributed by atoms with Gasteiger partial charge in [-0.3, -0.25) is 14.4 Å². The van der Waals surface area contributed by atoms with E-state index in [2.05, 4.69) is 13.5 Å². The standard InChI is InChI=1S/C29H40N2O6/c1-5-7-11-15-30(14-6-2)26(34)24-29-17-19(3)28(4,37-29)23(27(35)36)22(29)25(33)31(24)21(18-32)16-20-12-9-8-10-13-20/h6,8-10,12-13,19,21-24,32H,2,5,7,11,14-18H2,1,3-4H3,(H,35,36)/t19?,21-,22+,23-,24?,28+,29?/m1/s1. The first kappa shape index (κ1) is 27.3. The van der Waals surface area contributed by atoms with Gasteiger partial charge in [-0.2, -0.15) is 0 Å². The van der Waals surface area contributed by atoms with Gasteiger partial charge in [0.25, 0.3) is 0 Å². The van der Waals surface area contributed by atoms with Crippen molar-refractivity contribution >= 4 is 17.8 Å². The van der Waals surface area contributed by atoms with Crippen LogP contribution in [0.15, 0.2) is 43.0 Å². The number of carbonyl (C=O) groups is 3. The summed E-state index contributed by atoms with van der Waals surface area (Å²) in [6.45, 7) is 10.1. The number of fused-ring (bicyclic) bond motifs is 1. The van der Waals surface area contributed by atoms with Gasteiger partial charge in [0, 0.05) is 13.1 Å². The zero-order valence-electron chi connectivity index (χ0n) is 22.1. The van der Waals surface area contributed by atoms with Gasteiger partial charge in [0.15, 0.2) is 0 Å². The Balaban J connectivity index is 1.80. The van der Waals surface area contributed by atoms with Crippen LogP contribution in [0.5, 0.6) is 0 Å². The summed E-state index contributed by atoms with van der Waals surface area (Å²) in [5.41, 5.74) is -1.38. The van der Waals surface area contributed by atoms with Gasteiger partial charge in [0.2, 0.25) is 11.8 Å². The van der Waals surface area contributed by atoms with Crippen LogP contribution in [0.3, 0.4) is 0 Å². The SMILES string of the molecule is C=CCN(CCCCC)C(=O)C1N([C@@H](CO)Cc2ccccc2)C(=O)[C@@H]2[C@H](C(=O)O)[C@@]3(C)OC12CC3C. The minimum absolute atomic E-state index is 0.150. The van der Waals surface area contributed by atoms with Gasteiger partial charge in [-0.05, 0) is 37.7 Å². The Morgan fingerprint density at radius 3 is 2.59 bits per heavy atom. The number of nitrogens with zero attached hydrogens (tertiary/aromatic N) is 2. The second kappa shape index (κ2) is 10.6. The molecule has 7 atom stereocenters. The van der Waals surface area contributed by atoms with E-state index in [1.54, 1.807) is 17.9 Å². The third kappa shape index (κ3) is 4.38. The summed E-state index contributed by atoms with van der Waals surface area (Å²) in [5, 5.41) is 20.7. The summed E-state index contributed by atoms with van der Waals surface area (Å²) in [6.07, 6.45) is 5.20. The van der Waals surface area contributed by atoms with E-state index < -0.39 is 47.0 Å². The van der Waals surface area contributed by atoms with Gasteiger partial charge < -0.3 is 24.7 Å². The second-order valence-electron chi connectivity index (χ2n) is 11.1. The van der Waals surface area contributed by atoms with Crippen LogP contribution >= 0.6 is 0 Å². The van der Waals surface area contributed by atoms with Gasteiger partial charge in [-0.1, -0.05) is 63.1 Å². The fourth-order valence-electron chi connectivity index (χ4n) is 7.04. The number of aliphatic carboxylic acids is 1. The van der Waals surface area contributed by atoms with E-state index in [1.807, 2.05) is 37.3 Å². The lowest BCUT2D eigenvalue weighted by atomic mass is 9.62. The highest BCUT2D eigenvalue weighted by Crippen LogP contribution is 2.65. The minimum atomic E-state index is -1.25. The molecule has 2 bridgehead atoms. The predicted molar refractivity (Wildman–Crippen MR) is 139 cm³/mol. The molecular formula is C29H40N2O6. The summed E-state index contributed by atoms with van der Waals surface area (Å²) in [4.78, 5) is 44.2. The van der Waals surface area contributed by atoms with Crippen LogP contribution in [0.4, 0.5) is 0 Å². The van der Waals surface area contributed by atoms with Crippen LogP contribution in [0.1, 0.15) is 52.0 Å². The highest BCUT2D eigenvalue weighted by atomic mass is 16.5. The summed E-state index contributed by atoms with van der Waals surface area (Å²) in [7, 11) is 0. The van der Waals surface area contributed by atoms with Gasteiger partial charge in [-0.15, -0.1) is 6.58 Å². The highest BCUT2D eigenvalue weighted by Gasteiger charge is 2.80. The monoisotopic (exact) mass is 512 g/mol. The zero-order chi connectivity index (χ0) is 27.0. The molecule has 3 aliphatic rings. The van der Waals surface area contributed by atoms with Crippen LogP contribution in [0, 0.1) is 17.8 Å². The molecule has 0 saturated carbocycles. The molecule has 3 heterocycles. The molecule has 1 aromatic carbocycles. The molecule has 2 amide bonds. The number of aliphatic hydroxyl groups is 1. The van der Waals surface area contributed by atoms with Crippen LogP contribution in [0.25, 0.3) is 0 Å². The second-order valence-corrected chi connectivity index (χ2v) is 11.1. The van der Waals surface area contributed by atoms with E-state index in [0.717, 1.165) is 24.8 Å². The summed E-state index contributed by atoms with van der Waals surface area (Å²) < 4.78 is 6.59. The average Bonchev–Trinajstić information content (AvgIpc) is 3.39. The van der Waals surface area contributed by atoms with Gasteiger partial charge in [-0.25, -0.2) is 0 Å². The zero-order valence-corrected chi connectivity index (χ0v) is 22.1. The third-order valence-corrected chi connectivity index (χ3v) is 8.86. The number of unbranched alkanes of at least 4 members (excludes halogenated alkanes) is 2. The van der Waals surface area contributed by atoms with E-state index in [-0.39, 0.29) is 18.4 Å². The molecule has 202 valence electrons. The Kier molecular flexibility index (Phi) is 7.81. The first-order valence-electron chi connectivity index (χ1n) is 13.5. The fraction of sp³-hybridized carbons (Fsp3) is 0.621. The Hall–Kier alpha value is -2.71. The largest absolute Gasteiger partial charge is 0.481 e. The lowest BCUT2D eigenvalue weighted by Crippen LogP contribution is -2.59. The Morgan fingerprint density at radius 2 is 2.00 bits per heavy atom. The molecule has 0 aliphatic carbocycles. The molecule has 4 rings (SSSR count). The lowest BCUT2D eigenvalue weighted by Gasteiger charge is -2.39. The third-order valence-electron chi connectivity index (χ3n) is 8.86. The van der Waals surface area contributed by atoms with Crippen molar-refractivity contribution in [3.63, 3.8) is 0 Å². The average molecular weight is 513 g/mol. The molecule has 1 spiro atoms. The van der Waals surface area contributed by atoms with Crippen molar-refractivity contribution in [2.45, 2.75) is 76.2 Å². The van der Waals surface area contributed by atoms with Crippen molar-refractivity contribution in [3.8, 4) is 0 Å². The number of likely N-dealkylation sites (tertiary alicyclic amines) is 1. The molecule has 1 aromatic rings. The molecule has 0 radical (unpaired) electrons. The number of hydrogen-bond acceptors (Lipinski definition) is 5. The number of aliphatic hydroxyl groups excluding tert-OH is 1. The molecule has 37 heavy (non-hydrogen) atoms. The van der Waals surface area contributed by atoms with Crippen molar-refractivity contribution in [1.82, 2.24) is 9.80 Å². The van der Waals surface area contributed by atoms with Crippen LogP contribution in [-0.4, -0.2) is 80.8 Å². The first-order chi connectivity index (χ1) is 17.7. The number of carboxylic acids is 1. The van der Waals surface area contributed by atoms with E-state index in [1.165, 1.54) is 4.90 Å². The van der Waals surface area contributed by atoms with Crippen LogP contribution < -0.4 is 0 Å². The van der Waals surface area contributed by atoms with Gasteiger partial charge in [0.1, 0.15) is 17.6 Å². The maximum absolute atomic E-state index is 14.3. The molecule has 8 heteroatoms. The van der Waals surface area contributed by atoms with Crippen molar-refractivity contribution in [2.24, 2.45) is 17.8 Å². The number of ether oxygens (including phenoxy) is 1. The number of carbonyl (C=O) groups excluding carboxylic acids is 2. The topological polar surface area (TPSA) is 107 Å².